The van der Waals surface area contributed by atoms with Crippen molar-refractivity contribution in [3.05, 3.63) is 47.0 Å². The molecular weight excluding hydrogens is 364 g/mol. The minimum absolute atomic E-state index is 0.0681. The van der Waals surface area contributed by atoms with Gasteiger partial charge in [0.2, 0.25) is 5.91 Å². The van der Waals surface area contributed by atoms with E-state index in [9.17, 15) is 9.59 Å². The topological polar surface area (TPSA) is 76.9 Å². The van der Waals surface area contributed by atoms with Crippen molar-refractivity contribution in [2.24, 2.45) is 11.8 Å². The van der Waals surface area contributed by atoms with E-state index in [0.717, 1.165) is 68.5 Å². The first kappa shape index (κ1) is 19.8. The highest BCUT2D eigenvalue weighted by atomic mass is 16.2. The van der Waals surface area contributed by atoms with Gasteiger partial charge in [-0.3, -0.25) is 14.6 Å². The Hall–Kier alpha value is -2.50. The Balaban J connectivity index is 1.36. The molecule has 4 rings (SSSR count). The zero-order valence-electron chi connectivity index (χ0n) is 17.1. The quantitative estimate of drug-likeness (QED) is 0.857. The Kier molecular flexibility index (Phi) is 6.07. The van der Waals surface area contributed by atoms with Gasteiger partial charge in [0.1, 0.15) is 0 Å². The SMILES string of the molecule is CC1CCC(C(=O)NC2CCC(n3nc(-c4cccnc4)ccc3=O)CC2)CC1. The summed E-state index contributed by atoms with van der Waals surface area (Å²) in [6.07, 6.45) is 11.3. The van der Waals surface area contributed by atoms with Crippen LogP contribution in [0.2, 0.25) is 0 Å². The van der Waals surface area contributed by atoms with Crippen LogP contribution in [0.5, 0.6) is 0 Å². The molecule has 6 nitrogen and oxygen atoms in total. The first-order valence-corrected chi connectivity index (χ1v) is 10.9. The number of nitrogens with zero attached hydrogens (tertiary/aromatic N) is 3. The number of pyridine rings is 1. The van der Waals surface area contributed by atoms with Gasteiger partial charge < -0.3 is 5.32 Å². The minimum Gasteiger partial charge on any atom is -0.353 e. The van der Waals surface area contributed by atoms with Crippen LogP contribution in [-0.4, -0.2) is 26.7 Å². The summed E-state index contributed by atoms with van der Waals surface area (Å²) in [6, 6.07) is 7.47. The Bertz CT molecular complexity index is 879. The molecule has 0 bridgehead atoms. The number of nitrogens with one attached hydrogen (secondary N) is 1. The molecule has 0 saturated heterocycles. The van der Waals surface area contributed by atoms with E-state index in [1.54, 1.807) is 29.2 Å². The lowest BCUT2D eigenvalue weighted by atomic mass is 9.82. The van der Waals surface area contributed by atoms with Gasteiger partial charge in [-0.15, -0.1) is 0 Å². The van der Waals surface area contributed by atoms with Gasteiger partial charge in [-0.2, -0.15) is 5.10 Å². The molecular formula is C23H30N4O2. The molecule has 0 radical (unpaired) electrons. The van der Waals surface area contributed by atoms with E-state index in [0.29, 0.717) is 0 Å². The normalized spacial score (nSPS) is 27.3. The number of rotatable bonds is 4. The van der Waals surface area contributed by atoms with Crippen LogP contribution in [0, 0.1) is 11.8 Å². The number of carbonyl (C=O) groups excluding carboxylic acids is 1. The van der Waals surface area contributed by atoms with Gasteiger partial charge in [-0.25, -0.2) is 4.68 Å². The smallest absolute Gasteiger partial charge is 0.267 e. The summed E-state index contributed by atoms with van der Waals surface area (Å²) >= 11 is 0. The molecule has 154 valence electrons. The Morgan fingerprint density at radius 1 is 1.03 bits per heavy atom. The van der Waals surface area contributed by atoms with Crippen LogP contribution in [0.25, 0.3) is 11.3 Å². The molecule has 2 aromatic heterocycles. The molecule has 2 aliphatic rings. The van der Waals surface area contributed by atoms with Gasteiger partial charge in [-0.1, -0.05) is 6.92 Å². The molecule has 1 amide bonds. The molecule has 2 fully saturated rings. The van der Waals surface area contributed by atoms with E-state index < -0.39 is 0 Å². The number of aromatic nitrogens is 3. The molecule has 0 unspecified atom stereocenters. The first-order chi connectivity index (χ1) is 14.1. The van der Waals surface area contributed by atoms with Crippen LogP contribution in [0.15, 0.2) is 41.5 Å². The maximum atomic E-state index is 12.6. The van der Waals surface area contributed by atoms with Crippen LogP contribution >= 0.6 is 0 Å². The third-order valence-corrected chi connectivity index (χ3v) is 6.56. The second-order valence-electron chi connectivity index (χ2n) is 8.71. The van der Waals surface area contributed by atoms with E-state index in [1.165, 1.54) is 0 Å². The highest BCUT2D eigenvalue weighted by Crippen LogP contribution is 2.30. The predicted octanol–water partition coefficient (Wildman–Crippen LogP) is 3.73. The van der Waals surface area contributed by atoms with Gasteiger partial charge in [0.15, 0.2) is 0 Å². The van der Waals surface area contributed by atoms with Crippen molar-refractivity contribution >= 4 is 5.91 Å². The molecule has 2 saturated carbocycles. The Labute approximate surface area is 171 Å². The number of carbonyl (C=O) groups is 1. The van der Waals surface area contributed by atoms with Crippen LogP contribution in [0.1, 0.15) is 64.3 Å². The summed E-state index contributed by atoms with van der Waals surface area (Å²) in [5.41, 5.74) is 1.60. The number of amides is 1. The van der Waals surface area contributed by atoms with Crippen molar-refractivity contribution in [3.63, 3.8) is 0 Å². The van der Waals surface area contributed by atoms with Crippen molar-refractivity contribution in [1.82, 2.24) is 20.1 Å². The van der Waals surface area contributed by atoms with Gasteiger partial charge in [-0.05, 0) is 75.5 Å². The molecule has 0 atom stereocenters. The number of hydrogen-bond donors (Lipinski definition) is 1. The monoisotopic (exact) mass is 394 g/mol. The van der Waals surface area contributed by atoms with E-state index in [1.807, 2.05) is 12.1 Å². The largest absolute Gasteiger partial charge is 0.353 e. The standard InChI is InChI=1S/C23H30N4O2/c1-16-4-6-17(7-5-16)23(29)25-19-8-10-20(11-9-19)27-22(28)13-12-21(26-27)18-3-2-14-24-15-18/h2-3,12-17,19-20H,4-11H2,1H3,(H,25,29). The van der Waals surface area contributed by atoms with Crippen LogP contribution in [0.4, 0.5) is 0 Å². The molecule has 0 aliphatic heterocycles. The van der Waals surface area contributed by atoms with E-state index in [2.05, 4.69) is 22.3 Å². The van der Waals surface area contributed by atoms with Crippen LogP contribution in [-0.2, 0) is 4.79 Å². The third kappa shape index (κ3) is 4.74. The van der Waals surface area contributed by atoms with Crippen molar-refractivity contribution in [2.75, 3.05) is 0 Å². The van der Waals surface area contributed by atoms with Crippen LogP contribution in [0.3, 0.4) is 0 Å². The molecule has 29 heavy (non-hydrogen) atoms. The first-order valence-electron chi connectivity index (χ1n) is 10.9. The summed E-state index contributed by atoms with van der Waals surface area (Å²) in [7, 11) is 0. The summed E-state index contributed by atoms with van der Waals surface area (Å²) in [4.78, 5) is 29.1. The van der Waals surface area contributed by atoms with Gasteiger partial charge >= 0.3 is 0 Å². The second-order valence-corrected chi connectivity index (χ2v) is 8.71. The summed E-state index contributed by atoms with van der Waals surface area (Å²) in [5.74, 6) is 1.17. The summed E-state index contributed by atoms with van der Waals surface area (Å²) in [6.45, 7) is 2.27. The third-order valence-electron chi connectivity index (χ3n) is 6.56. The molecule has 2 heterocycles. The van der Waals surface area contributed by atoms with Gasteiger partial charge in [0.05, 0.1) is 11.7 Å². The van der Waals surface area contributed by atoms with Crippen molar-refractivity contribution < 1.29 is 4.79 Å². The van der Waals surface area contributed by atoms with E-state index in [-0.39, 0.29) is 29.5 Å². The van der Waals surface area contributed by atoms with Crippen molar-refractivity contribution in [3.8, 4) is 11.3 Å². The molecule has 1 N–H and O–H groups in total. The maximum Gasteiger partial charge on any atom is 0.267 e. The van der Waals surface area contributed by atoms with Crippen LogP contribution < -0.4 is 10.9 Å². The Morgan fingerprint density at radius 2 is 1.79 bits per heavy atom. The van der Waals surface area contributed by atoms with E-state index in [4.69, 9.17) is 0 Å². The zero-order valence-corrected chi connectivity index (χ0v) is 17.1. The zero-order chi connectivity index (χ0) is 20.2. The van der Waals surface area contributed by atoms with Gasteiger partial charge in [0, 0.05) is 36.0 Å². The lowest BCUT2D eigenvalue weighted by Gasteiger charge is -2.32. The molecule has 0 spiro atoms. The molecule has 6 heteroatoms. The molecule has 0 aromatic carbocycles. The van der Waals surface area contributed by atoms with Gasteiger partial charge in [0.25, 0.3) is 5.56 Å². The fourth-order valence-corrected chi connectivity index (χ4v) is 4.66. The highest BCUT2D eigenvalue weighted by molar-refractivity contribution is 5.79. The average Bonchev–Trinajstić information content (AvgIpc) is 2.76. The minimum atomic E-state index is -0.0681. The van der Waals surface area contributed by atoms with Crippen molar-refractivity contribution in [1.29, 1.82) is 0 Å². The van der Waals surface area contributed by atoms with Crippen molar-refractivity contribution in [2.45, 2.75) is 70.4 Å². The fraction of sp³-hybridized carbons (Fsp3) is 0.565. The maximum absolute atomic E-state index is 12.6. The fourth-order valence-electron chi connectivity index (χ4n) is 4.66. The average molecular weight is 395 g/mol. The molecule has 2 aromatic rings. The Morgan fingerprint density at radius 3 is 2.48 bits per heavy atom. The number of hydrogen-bond acceptors (Lipinski definition) is 4. The summed E-state index contributed by atoms with van der Waals surface area (Å²) in [5, 5.41) is 7.88. The van der Waals surface area contributed by atoms with E-state index >= 15 is 0 Å². The summed E-state index contributed by atoms with van der Waals surface area (Å²) < 4.78 is 1.63. The lowest BCUT2D eigenvalue weighted by molar-refractivity contribution is -0.127. The molecule has 2 aliphatic carbocycles. The second kappa shape index (κ2) is 8.89. The lowest BCUT2D eigenvalue weighted by Crippen LogP contribution is -2.42. The predicted molar refractivity (Wildman–Crippen MR) is 112 cm³/mol. The highest BCUT2D eigenvalue weighted by Gasteiger charge is 2.29.